The summed E-state index contributed by atoms with van der Waals surface area (Å²) in [5.74, 6) is 0. The van der Waals surface area contributed by atoms with Crippen molar-refractivity contribution in [3.05, 3.63) is 448 Å². The molecule has 22 aromatic rings. The van der Waals surface area contributed by atoms with Gasteiger partial charge in [0.1, 0.15) is 0 Å². The minimum absolute atomic E-state index is 1.28. The first-order valence-corrected chi connectivity index (χ1v) is 50.5. The summed E-state index contributed by atoms with van der Waals surface area (Å²) in [5, 5.41) is 36.9. The van der Waals surface area contributed by atoms with Gasteiger partial charge in [-0.3, -0.25) is 0 Å². The predicted molar refractivity (Wildman–Crippen MR) is 623 cm³/mol. The summed E-state index contributed by atoms with van der Waals surface area (Å²) in [7, 11) is 0. The summed E-state index contributed by atoms with van der Waals surface area (Å²) in [5.41, 5.74) is 5.31. The molecule has 1 aliphatic carbocycles. The second kappa shape index (κ2) is 68.3. The van der Waals surface area contributed by atoms with Crippen molar-refractivity contribution >= 4 is 163 Å². The average molecular weight is 1770 g/mol. The standard InChI is InChI=1S/C20H14.2C18H12.2C14H10.C12H8.C10H8.14C2H6/c1-2-8-15(9-3-1)20-18-12-6-4-10-16(18)14-17-11-5-7-13-19(17)20;1-2-7-15-12-18-16(11-14(15)6-1)10-9-13-5-3-4-8-17(13)18;1-2-6-14-10-18-12-16-8-4-3-7-15(16)11-17(18)9-13(14)5-1;1-3-7-13-11(5-1)9-10-12-6-2-4-8-14(12)13;1-2-6-12-10-14-8-4-3-7-13(14)9-11(12)5-1;1-3-9-4-2-6-11-8-7-10(5-1)12(9)11;1-2-6-10-8-4-3-7-9(10)5-1;14*1-2/h1-14H;2*1-12H;2*1-10H;1-8H;1-8H;14*1-2H3. The first kappa shape index (κ1) is 114. The van der Waals surface area contributed by atoms with E-state index in [0.29, 0.717) is 0 Å². The number of hydrogen-bond acceptors (Lipinski definition) is 0. The van der Waals surface area contributed by atoms with Crippen LogP contribution in [0.25, 0.3) is 174 Å². The van der Waals surface area contributed by atoms with Crippen LogP contribution >= 0.6 is 0 Å². The molecular weight excluding hydrogens is 1610 g/mol. The van der Waals surface area contributed by atoms with Crippen LogP contribution < -0.4 is 0 Å². The quantitative estimate of drug-likeness (QED) is 0.114. The van der Waals surface area contributed by atoms with Crippen LogP contribution in [0.5, 0.6) is 0 Å². The number of benzene rings is 22. The van der Waals surface area contributed by atoms with E-state index in [2.05, 4.69) is 449 Å². The SMILES string of the molecule is C1=Cc2cccc3cccc1c23.CC.CC.CC.CC.CC.CC.CC.CC.CC.CC.CC.CC.CC.CC.c1ccc(-c2c3ccccc3cc3ccccc23)cc1.c1ccc2c(c1)ccc1ccccc12.c1ccc2cc3c(ccc4ccccc43)cc2c1.c1ccc2cc3cc4ccccc4cc3cc2c1.c1ccc2cc3ccccc3cc2c1.c1ccc2ccccc2c1. The number of rotatable bonds is 1. The minimum Gasteiger partial charge on any atom is -0.0683 e. The van der Waals surface area contributed by atoms with Crippen molar-refractivity contribution in [1.82, 2.24) is 0 Å². The molecule has 0 fully saturated rings. The van der Waals surface area contributed by atoms with Crippen LogP contribution in [-0.2, 0) is 0 Å². The van der Waals surface area contributed by atoms with Gasteiger partial charge >= 0.3 is 0 Å². The lowest BCUT2D eigenvalue weighted by Gasteiger charge is -2.11. The van der Waals surface area contributed by atoms with Crippen molar-refractivity contribution in [3.63, 3.8) is 0 Å². The van der Waals surface area contributed by atoms with Gasteiger partial charge in [-0.05, 0) is 228 Å². The second-order valence-corrected chi connectivity index (χ2v) is 27.0. The fourth-order valence-electron chi connectivity index (χ4n) is 15.1. The highest BCUT2D eigenvalue weighted by Gasteiger charge is 2.11. The van der Waals surface area contributed by atoms with Crippen LogP contribution in [0.1, 0.15) is 205 Å². The molecule has 0 aliphatic heterocycles. The summed E-state index contributed by atoms with van der Waals surface area (Å²) in [6.45, 7) is 56.0. The van der Waals surface area contributed by atoms with E-state index in [1.807, 2.05) is 194 Å². The molecule has 0 nitrogen and oxygen atoms in total. The Morgan fingerprint density at radius 2 is 0.284 bits per heavy atom. The molecule has 0 saturated carbocycles. The first-order chi connectivity index (χ1) is 66.5. The van der Waals surface area contributed by atoms with Gasteiger partial charge < -0.3 is 0 Å². The Morgan fingerprint density at radius 3 is 0.567 bits per heavy atom. The van der Waals surface area contributed by atoms with Crippen LogP contribution in [0.4, 0.5) is 0 Å². The van der Waals surface area contributed by atoms with E-state index in [9.17, 15) is 0 Å². The molecule has 694 valence electrons. The lowest BCUT2D eigenvalue weighted by atomic mass is 9.92. The van der Waals surface area contributed by atoms with E-state index in [1.165, 1.54) is 173 Å². The summed E-state index contributed by atoms with van der Waals surface area (Å²) >= 11 is 0. The Morgan fingerprint density at radius 1 is 0.104 bits per heavy atom. The Kier molecular flexibility index (Phi) is 58.3. The van der Waals surface area contributed by atoms with Gasteiger partial charge in [0, 0.05) is 0 Å². The van der Waals surface area contributed by atoms with Crippen LogP contribution in [0.3, 0.4) is 0 Å². The summed E-state index contributed by atoms with van der Waals surface area (Å²) in [6.07, 6.45) is 4.36. The van der Waals surface area contributed by atoms with E-state index in [-0.39, 0.29) is 0 Å². The molecule has 0 radical (unpaired) electrons. The van der Waals surface area contributed by atoms with Crippen LogP contribution in [0.15, 0.2) is 437 Å². The van der Waals surface area contributed by atoms with Crippen LogP contribution in [-0.4, -0.2) is 0 Å². The highest BCUT2D eigenvalue weighted by Crippen LogP contribution is 2.38. The van der Waals surface area contributed by atoms with E-state index in [0.717, 1.165) is 0 Å². The Bertz CT molecular complexity index is 6440. The molecule has 0 spiro atoms. The van der Waals surface area contributed by atoms with Crippen molar-refractivity contribution in [2.24, 2.45) is 0 Å². The van der Waals surface area contributed by atoms with Gasteiger partial charge in [-0.25, -0.2) is 0 Å². The second-order valence-electron chi connectivity index (χ2n) is 27.0. The maximum absolute atomic E-state index is 2.30. The number of hydrogen-bond donors (Lipinski definition) is 0. The molecule has 0 heterocycles. The summed E-state index contributed by atoms with van der Waals surface area (Å²) in [6, 6.07) is 155. The van der Waals surface area contributed by atoms with E-state index in [1.54, 1.807) is 0 Å². The highest BCUT2D eigenvalue weighted by atomic mass is 14.1. The monoisotopic (exact) mass is 1770 g/mol. The van der Waals surface area contributed by atoms with Crippen molar-refractivity contribution in [2.45, 2.75) is 194 Å². The fourth-order valence-corrected chi connectivity index (χ4v) is 15.1. The molecule has 0 unspecified atom stereocenters. The van der Waals surface area contributed by atoms with Crippen molar-refractivity contribution in [1.29, 1.82) is 0 Å². The topological polar surface area (TPSA) is 0 Å². The Balaban J connectivity index is 0.000000388. The maximum atomic E-state index is 2.30. The third kappa shape index (κ3) is 32.0. The Hall–Kier alpha value is -13.8. The summed E-state index contributed by atoms with van der Waals surface area (Å²) in [4.78, 5) is 0. The molecule has 0 aromatic heterocycles. The molecule has 23 rings (SSSR count). The molecular formula is C134H158. The largest absolute Gasteiger partial charge is 0.0683 e. The maximum Gasteiger partial charge on any atom is -0.00268 e. The molecule has 134 heavy (non-hydrogen) atoms. The zero-order valence-electron chi connectivity index (χ0n) is 86.7. The number of fused-ring (bicyclic) bond motifs is 15. The average Bonchev–Trinajstić information content (AvgIpc) is 0.990. The zero-order valence-corrected chi connectivity index (χ0v) is 86.7. The molecule has 0 saturated heterocycles. The first-order valence-electron chi connectivity index (χ1n) is 50.5. The van der Waals surface area contributed by atoms with Crippen molar-refractivity contribution < 1.29 is 0 Å². The van der Waals surface area contributed by atoms with E-state index in [4.69, 9.17) is 0 Å². The minimum atomic E-state index is 1.28. The molecule has 0 bridgehead atoms. The molecule has 0 amide bonds. The van der Waals surface area contributed by atoms with Crippen LogP contribution in [0, 0.1) is 0 Å². The molecule has 0 heteroatoms. The third-order valence-electron chi connectivity index (χ3n) is 20.4. The molecule has 0 atom stereocenters. The Labute approximate surface area is 810 Å². The van der Waals surface area contributed by atoms with Gasteiger partial charge in [-0.2, -0.15) is 0 Å². The van der Waals surface area contributed by atoms with E-state index < -0.39 is 0 Å². The molecule has 22 aromatic carbocycles. The van der Waals surface area contributed by atoms with Crippen LogP contribution in [0.2, 0.25) is 0 Å². The van der Waals surface area contributed by atoms with Gasteiger partial charge in [-0.1, -0.05) is 588 Å². The van der Waals surface area contributed by atoms with Gasteiger partial charge in [0.15, 0.2) is 0 Å². The van der Waals surface area contributed by atoms with Gasteiger partial charge in [0.25, 0.3) is 0 Å². The normalized spacial score (nSPS) is 9.46. The van der Waals surface area contributed by atoms with E-state index >= 15 is 0 Å². The van der Waals surface area contributed by atoms with Gasteiger partial charge in [0.05, 0.1) is 0 Å². The van der Waals surface area contributed by atoms with Crippen molar-refractivity contribution in [3.8, 4) is 11.1 Å². The zero-order chi connectivity index (χ0) is 98.8. The van der Waals surface area contributed by atoms with Gasteiger partial charge in [-0.15, -0.1) is 0 Å². The lowest BCUT2D eigenvalue weighted by molar-refractivity contribution is 1.50. The summed E-state index contributed by atoms with van der Waals surface area (Å²) < 4.78 is 0. The third-order valence-corrected chi connectivity index (χ3v) is 20.4. The lowest BCUT2D eigenvalue weighted by Crippen LogP contribution is -1.84. The van der Waals surface area contributed by atoms with Crippen molar-refractivity contribution in [2.75, 3.05) is 0 Å². The predicted octanol–water partition coefficient (Wildman–Crippen LogP) is 44.5. The highest BCUT2D eigenvalue weighted by molar-refractivity contribution is 6.15. The smallest absolute Gasteiger partial charge is 0.00268 e. The molecule has 1 aliphatic rings. The molecule has 0 N–H and O–H groups in total. The fraction of sp³-hybridized carbons (Fsp3) is 0.209. The van der Waals surface area contributed by atoms with Gasteiger partial charge in [0.2, 0.25) is 0 Å².